The monoisotopic (exact) mass is 531 g/mol. The van der Waals surface area contributed by atoms with E-state index in [9.17, 15) is 9.18 Å². The number of hydrogen-bond acceptors (Lipinski definition) is 7. The number of aromatic amines is 1. The molecule has 1 N–H and O–H groups in total. The van der Waals surface area contributed by atoms with Crippen LogP contribution in [0.2, 0.25) is 0 Å². The van der Waals surface area contributed by atoms with Gasteiger partial charge in [-0.25, -0.2) is 9.07 Å². The Balaban J connectivity index is 1.39. The van der Waals surface area contributed by atoms with Gasteiger partial charge in [-0.1, -0.05) is 31.4 Å². The molecule has 0 amide bonds. The summed E-state index contributed by atoms with van der Waals surface area (Å²) in [5, 5.41) is 13.9. The van der Waals surface area contributed by atoms with Crippen molar-refractivity contribution in [1.29, 1.82) is 0 Å². The zero-order valence-corrected chi connectivity index (χ0v) is 22.2. The first kappa shape index (κ1) is 25.5. The van der Waals surface area contributed by atoms with Crippen LogP contribution in [-0.2, 0) is 0 Å². The Bertz CT molecular complexity index is 1490. The number of piperazine rings is 1. The van der Waals surface area contributed by atoms with Gasteiger partial charge in [0.1, 0.15) is 17.6 Å². The summed E-state index contributed by atoms with van der Waals surface area (Å²) in [6, 6.07) is 14.3. The standard InChI is InChI=1S/C29H34FN7O2/c1-2-39-22-12-13-25-20(18-22)19-23(29(38)31-25)27(28-32-33-34-37(28)21-8-4-3-5-9-21)36-16-14-35(15-17-36)26-11-7-6-10-24(26)30/h6-7,10-13,18-19,21,27H,2-5,8-9,14-17H2,1H3,(H,31,38)/t27-/m1/s1. The molecule has 2 aromatic carbocycles. The van der Waals surface area contributed by atoms with Crippen molar-refractivity contribution in [3.63, 3.8) is 0 Å². The number of nitrogens with zero attached hydrogens (tertiary/aromatic N) is 6. The summed E-state index contributed by atoms with van der Waals surface area (Å²) >= 11 is 0. The summed E-state index contributed by atoms with van der Waals surface area (Å²) in [6.07, 6.45) is 5.57. The van der Waals surface area contributed by atoms with E-state index in [0.717, 1.165) is 42.3 Å². The highest BCUT2D eigenvalue weighted by Gasteiger charge is 2.34. The van der Waals surface area contributed by atoms with Crippen LogP contribution in [0, 0.1) is 5.82 Å². The molecule has 6 rings (SSSR count). The van der Waals surface area contributed by atoms with Gasteiger partial charge in [0.15, 0.2) is 5.82 Å². The maximum absolute atomic E-state index is 14.5. The van der Waals surface area contributed by atoms with Crippen LogP contribution in [0.3, 0.4) is 0 Å². The van der Waals surface area contributed by atoms with E-state index < -0.39 is 6.04 Å². The number of benzene rings is 2. The Morgan fingerprint density at radius 2 is 1.85 bits per heavy atom. The van der Waals surface area contributed by atoms with E-state index in [0.29, 0.717) is 49.9 Å². The first-order chi connectivity index (χ1) is 19.1. The molecule has 204 valence electrons. The van der Waals surface area contributed by atoms with Crippen LogP contribution in [-0.4, -0.2) is 62.9 Å². The fraction of sp³-hybridized carbons (Fsp3) is 0.448. The van der Waals surface area contributed by atoms with E-state index in [1.807, 2.05) is 48.0 Å². The molecule has 4 aromatic rings. The molecule has 1 aliphatic heterocycles. The predicted octanol–water partition coefficient (Wildman–Crippen LogP) is 4.47. The lowest BCUT2D eigenvalue weighted by Gasteiger charge is -2.40. The Labute approximate surface area is 226 Å². The van der Waals surface area contributed by atoms with Crippen molar-refractivity contribution in [2.45, 2.75) is 51.1 Å². The first-order valence-electron chi connectivity index (χ1n) is 13.9. The molecule has 2 aromatic heterocycles. The van der Waals surface area contributed by atoms with Gasteiger partial charge in [0.05, 0.1) is 18.3 Å². The normalized spacial score (nSPS) is 17.9. The number of hydrogen-bond donors (Lipinski definition) is 1. The summed E-state index contributed by atoms with van der Waals surface area (Å²) in [7, 11) is 0. The molecular formula is C29H34FN7O2. The van der Waals surface area contributed by atoms with E-state index in [1.54, 1.807) is 6.07 Å². The van der Waals surface area contributed by atoms with Crippen molar-refractivity contribution in [1.82, 2.24) is 30.1 Å². The second kappa shape index (κ2) is 11.1. The number of anilines is 1. The minimum Gasteiger partial charge on any atom is -0.494 e. The highest BCUT2D eigenvalue weighted by atomic mass is 19.1. The smallest absolute Gasteiger partial charge is 0.253 e. The number of para-hydroxylation sites is 1. The molecule has 1 saturated carbocycles. The van der Waals surface area contributed by atoms with Crippen LogP contribution in [0.25, 0.3) is 10.9 Å². The Kier molecular flexibility index (Phi) is 7.28. The molecule has 2 fully saturated rings. The average Bonchev–Trinajstić information content (AvgIpc) is 3.44. The van der Waals surface area contributed by atoms with Gasteiger partial charge in [-0.3, -0.25) is 9.69 Å². The van der Waals surface area contributed by atoms with Crippen molar-refractivity contribution >= 4 is 16.6 Å². The summed E-state index contributed by atoms with van der Waals surface area (Å²) in [5.74, 6) is 1.22. The summed E-state index contributed by atoms with van der Waals surface area (Å²) in [4.78, 5) is 21.0. The summed E-state index contributed by atoms with van der Waals surface area (Å²) < 4.78 is 22.2. The number of aromatic nitrogens is 5. The van der Waals surface area contributed by atoms with Crippen molar-refractivity contribution in [3.05, 3.63) is 76.1 Å². The zero-order valence-electron chi connectivity index (χ0n) is 22.2. The molecular weight excluding hydrogens is 497 g/mol. The number of pyridine rings is 1. The van der Waals surface area contributed by atoms with Gasteiger partial charge in [-0.2, -0.15) is 0 Å². The SMILES string of the molecule is CCOc1ccc2[nH]c(=O)c([C@H](c3nnnn3C3CCCCC3)N3CCN(c4ccccc4F)CC3)cc2c1. The lowest BCUT2D eigenvalue weighted by Crippen LogP contribution is -2.49. The molecule has 10 heteroatoms. The largest absolute Gasteiger partial charge is 0.494 e. The molecule has 0 unspecified atom stereocenters. The average molecular weight is 532 g/mol. The van der Waals surface area contributed by atoms with Crippen LogP contribution in [0.1, 0.15) is 62.5 Å². The van der Waals surface area contributed by atoms with Crippen molar-refractivity contribution in [2.75, 3.05) is 37.7 Å². The summed E-state index contributed by atoms with van der Waals surface area (Å²) in [6.45, 7) is 5.03. The third-order valence-electron chi connectivity index (χ3n) is 8.01. The maximum Gasteiger partial charge on any atom is 0.253 e. The molecule has 3 heterocycles. The fourth-order valence-corrected chi connectivity index (χ4v) is 6.06. The number of rotatable bonds is 7. The molecule has 2 aliphatic rings. The van der Waals surface area contributed by atoms with Gasteiger partial charge in [-0.15, -0.1) is 5.10 Å². The second-order valence-electron chi connectivity index (χ2n) is 10.4. The molecule has 1 saturated heterocycles. The highest BCUT2D eigenvalue weighted by Crippen LogP contribution is 2.34. The second-order valence-corrected chi connectivity index (χ2v) is 10.4. The van der Waals surface area contributed by atoms with Gasteiger partial charge in [0.2, 0.25) is 0 Å². The van der Waals surface area contributed by atoms with Gasteiger partial charge in [0.25, 0.3) is 5.56 Å². The number of ether oxygens (including phenoxy) is 1. The number of H-pyrrole nitrogens is 1. The molecule has 0 spiro atoms. The maximum atomic E-state index is 14.5. The van der Waals surface area contributed by atoms with Crippen molar-refractivity contribution in [2.24, 2.45) is 0 Å². The van der Waals surface area contributed by atoms with E-state index in [1.165, 1.54) is 12.5 Å². The van der Waals surface area contributed by atoms with Gasteiger partial charge in [0, 0.05) is 42.6 Å². The molecule has 39 heavy (non-hydrogen) atoms. The third-order valence-corrected chi connectivity index (χ3v) is 8.01. The third kappa shape index (κ3) is 5.13. The highest BCUT2D eigenvalue weighted by molar-refractivity contribution is 5.80. The zero-order chi connectivity index (χ0) is 26.8. The topological polar surface area (TPSA) is 92.2 Å². The van der Waals surface area contributed by atoms with Crippen LogP contribution in [0.5, 0.6) is 5.75 Å². The van der Waals surface area contributed by atoms with E-state index in [2.05, 4.69) is 30.3 Å². The first-order valence-corrected chi connectivity index (χ1v) is 13.9. The lowest BCUT2D eigenvalue weighted by atomic mass is 9.95. The molecule has 1 atom stereocenters. The van der Waals surface area contributed by atoms with Crippen LogP contribution in [0.15, 0.2) is 53.3 Å². The lowest BCUT2D eigenvalue weighted by molar-refractivity contribution is 0.192. The molecule has 1 aliphatic carbocycles. The van der Waals surface area contributed by atoms with Gasteiger partial charge >= 0.3 is 0 Å². The Morgan fingerprint density at radius 3 is 2.62 bits per heavy atom. The Hall–Kier alpha value is -3.79. The number of nitrogens with one attached hydrogen (secondary N) is 1. The number of halogens is 1. The predicted molar refractivity (Wildman–Crippen MR) is 148 cm³/mol. The minimum atomic E-state index is -0.436. The summed E-state index contributed by atoms with van der Waals surface area (Å²) in [5.41, 5.74) is 1.80. The minimum absolute atomic E-state index is 0.161. The fourth-order valence-electron chi connectivity index (χ4n) is 6.06. The molecule has 9 nitrogen and oxygen atoms in total. The van der Waals surface area contributed by atoms with Crippen molar-refractivity contribution in [3.8, 4) is 5.75 Å². The van der Waals surface area contributed by atoms with Crippen LogP contribution in [0.4, 0.5) is 10.1 Å². The van der Waals surface area contributed by atoms with Crippen molar-refractivity contribution < 1.29 is 9.13 Å². The Morgan fingerprint density at radius 1 is 1.05 bits per heavy atom. The van der Waals surface area contributed by atoms with Crippen LogP contribution >= 0.6 is 0 Å². The molecule has 0 bridgehead atoms. The number of tetrazole rings is 1. The number of fused-ring (bicyclic) bond motifs is 1. The van der Waals surface area contributed by atoms with E-state index in [-0.39, 0.29) is 17.4 Å². The van der Waals surface area contributed by atoms with E-state index in [4.69, 9.17) is 4.74 Å². The van der Waals surface area contributed by atoms with E-state index >= 15 is 0 Å². The van der Waals surface area contributed by atoms with Gasteiger partial charge < -0.3 is 14.6 Å². The van der Waals surface area contributed by atoms with Gasteiger partial charge in [-0.05, 0) is 66.6 Å². The molecule has 0 radical (unpaired) electrons. The quantitative estimate of drug-likeness (QED) is 0.376. The van der Waals surface area contributed by atoms with Crippen LogP contribution < -0.4 is 15.2 Å².